The molecule has 0 bridgehead atoms. The molecule has 1 aromatic carbocycles. The molecule has 0 amide bonds. The number of rotatable bonds is 2. The van der Waals surface area contributed by atoms with Gasteiger partial charge in [0.25, 0.3) is 0 Å². The zero-order valence-corrected chi connectivity index (χ0v) is 13.1. The summed E-state index contributed by atoms with van der Waals surface area (Å²) in [6.07, 6.45) is 0. The molecule has 0 aliphatic heterocycles. The van der Waals surface area contributed by atoms with E-state index in [-0.39, 0.29) is 17.3 Å². The van der Waals surface area contributed by atoms with Gasteiger partial charge in [0.05, 0.1) is 17.9 Å². The van der Waals surface area contributed by atoms with Crippen LogP contribution in [0.4, 0.5) is 0 Å². The van der Waals surface area contributed by atoms with E-state index in [0.717, 1.165) is 15.6 Å². The van der Waals surface area contributed by atoms with Gasteiger partial charge in [0.2, 0.25) is 11.7 Å². The van der Waals surface area contributed by atoms with Crippen molar-refractivity contribution >= 4 is 15.9 Å². The lowest BCUT2D eigenvalue weighted by Crippen LogP contribution is -1.90. The van der Waals surface area contributed by atoms with Gasteiger partial charge in [-0.3, -0.25) is 0 Å². The van der Waals surface area contributed by atoms with Crippen LogP contribution in [0.3, 0.4) is 0 Å². The van der Waals surface area contributed by atoms with E-state index in [2.05, 4.69) is 46.0 Å². The van der Waals surface area contributed by atoms with Crippen molar-refractivity contribution in [1.29, 1.82) is 5.26 Å². The summed E-state index contributed by atoms with van der Waals surface area (Å²) in [5.41, 5.74) is 1.98. The Morgan fingerprint density at radius 1 is 1.40 bits per heavy atom. The van der Waals surface area contributed by atoms with Gasteiger partial charge in [0, 0.05) is 10.0 Å². The van der Waals surface area contributed by atoms with Crippen LogP contribution in [0.1, 0.15) is 31.2 Å². The monoisotopic (exact) mass is 331 g/mol. The van der Waals surface area contributed by atoms with Crippen LogP contribution in [0.15, 0.2) is 27.2 Å². The average molecular weight is 332 g/mol. The number of aromatic nitrogens is 2. The molecule has 0 radical (unpaired) electrons. The van der Waals surface area contributed by atoms with Gasteiger partial charge in [0.15, 0.2) is 0 Å². The first-order valence-electron chi connectivity index (χ1n) is 6.45. The van der Waals surface area contributed by atoms with E-state index in [4.69, 9.17) is 9.78 Å². The number of hydrogen-bond acceptors (Lipinski definition) is 4. The second-order valence-corrected chi connectivity index (χ2v) is 6.70. The van der Waals surface area contributed by atoms with Crippen molar-refractivity contribution in [3.63, 3.8) is 0 Å². The van der Waals surface area contributed by atoms with Crippen LogP contribution in [0.2, 0.25) is 0 Å². The molecule has 1 fully saturated rings. The first-order valence-corrected chi connectivity index (χ1v) is 7.24. The standard InChI is InChI=1S/C15H14BrN3O/c1-8-4-5-9(11(16)6-8)13-18-14(20-19-13)12-10(7-17)15(12,2)3/h4-6,10,12H,1-3H3. The van der Waals surface area contributed by atoms with Crippen molar-refractivity contribution in [1.82, 2.24) is 10.1 Å². The molecule has 4 nitrogen and oxygen atoms in total. The molecule has 1 heterocycles. The van der Waals surface area contributed by atoms with E-state index >= 15 is 0 Å². The topological polar surface area (TPSA) is 62.7 Å². The van der Waals surface area contributed by atoms with E-state index in [9.17, 15) is 0 Å². The van der Waals surface area contributed by atoms with E-state index in [1.54, 1.807) is 0 Å². The van der Waals surface area contributed by atoms with E-state index in [1.165, 1.54) is 0 Å². The largest absolute Gasteiger partial charge is 0.339 e. The molecule has 102 valence electrons. The maximum absolute atomic E-state index is 9.12. The maximum atomic E-state index is 9.12. The third-order valence-corrected chi connectivity index (χ3v) is 4.70. The predicted molar refractivity (Wildman–Crippen MR) is 77.8 cm³/mol. The molecule has 2 atom stereocenters. The molecule has 1 aliphatic carbocycles. The number of aryl methyl sites for hydroxylation is 1. The highest BCUT2D eigenvalue weighted by molar-refractivity contribution is 9.10. The van der Waals surface area contributed by atoms with Gasteiger partial charge in [-0.2, -0.15) is 10.2 Å². The highest BCUT2D eigenvalue weighted by Gasteiger charge is 2.62. The molecule has 1 saturated carbocycles. The summed E-state index contributed by atoms with van der Waals surface area (Å²) in [6, 6.07) is 8.30. The Morgan fingerprint density at radius 2 is 2.15 bits per heavy atom. The Balaban J connectivity index is 1.94. The average Bonchev–Trinajstić information content (AvgIpc) is 2.73. The van der Waals surface area contributed by atoms with E-state index in [0.29, 0.717) is 11.7 Å². The van der Waals surface area contributed by atoms with Crippen LogP contribution in [-0.4, -0.2) is 10.1 Å². The van der Waals surface area contributed by atoms with Crippen molar-refractivity contribution in [3.05, 3.63) is 34.1 Å². The molecule has 1 aromatic heterocycles. The van der Waals surface area contributed by atoms with Crippen molar-refractivity contribution in [2.75, 3.05) is 0 Å². The summed E-state index contributed by atoms with van der Waals surface area (Å²) in [6.45, 7) is 6.13. The molecule has 5 heteroatoms. The van der Waals surface area contributed by atoms with Gasteiger partial charge in [-0.15, -0.1) is 0 Å². The molecular formula is C15H14BrN3O. The summed E-state index contributed by atoms with van der Waals surface area (Å²) in [4.78, 5) is 4.47. The third kappa shape index (κ3) is 1.95. The molecule has 2 aromatic rings. The summed E-state index contributed by atoms with van der Waals surface area (Å²) in [5.74, 6) is 1.12. The second kappa shape index (κ2) is 4.42. The molecule has 0 spiro atoms. The molecule has 0 saturated heterocycles. The highest BCUT2D eigenvalue weighted by Crippen LogP contribution is 2.63. The normalized spacial score (nSPS) is 23.4. The smallest absolute Gasteiger partial charge is 0.232 e. The SMILES string of the molecule is Cc1ccc(-c2noc(C3C(C#N)C3(C)C)n2)c(Br)c1. The van der Waals surface area contributed by atoms with Crippen LogP contribution in [0.5, 0.6) is 0 Å². The Hall–Kier alpha value is -1.67. The first kappa shape index (κ1) is 13.3. The van der Waals surface area contributed by atoms with Gasteiger partial charge in [-0.05, 0) is 30.0 Å². The summed E-state index contributed by atoms with van der Waals surface area (Å²) >= 11 is 3.52. The highest BCUT2D eigenvalue weighted by atomic mass is 79.9. The van der Waals surface area contributed by atoms with Gasteiger partial charge in [-0.1, -0.05) is 41.0 Å². The number of benzene rings is 1. The molecule has 20 heavy (non-hydrogen) atoms. The predicted octanol–water partition coefficient (Wildman–Crippen LogP) is 4.07. The van der Waals surface area contributed by atoms with Gasteiger partial charge in [-0.25, -0.2) is 0 Å². The molecular weight excluding hydrogens is 318 g/mol. The number of nitriles is 1. The third-order valence-electron chi connectivity index (χ3n) is 4.04. The lowest BCUT2D eigenvalue weighted by molar-refractivity contribution is 0.368. The minimum atomic E-state index is -0.0803. The Morgan fingerprint density at radius 3 is 2.75 bits per heavy atom. The Kier molecular flexibility index (Phi) is 2.94. The van der Waals surface area contributed by atoms with Crippen molar-refractivity contribution in [3.8, 4) is 17.5 Å². The maximum Gasteiger partial charge on any atom is 0.232 e. The van der Waals surface area contributed by atoms with Crippen LogP contribution in [0, 0.1) is 29.6 Å². The van der Waals surface area contributed by atoms with Crippen LogP contribution in [0.25, 0.3) is 11.4 Å². The molecule has 0 N–H and O–H groups in total. The van der Waals surface area contributed by atoms with Crippen LogP contribution < -0.4 is 0 Å². The van der Waals surface area contributed by atoms with Crippen LogP contribution in [-0.2, 0) is 0 Å². The Labute approximate surface area is 125 Å². The minimum absolute atomic E-state index is 0.0398. The zero-order valence-electron chi connectivity index (χ0n) is 11.5. The lowest BCUT2D eigenvalue weighted by atomic mass is 10.1. The molecule has 1 aliphatic rings. The van der Waals surface area contributed by atoms with E-state index < -0.39 is 0 Å². The van der Waals surface area contributed by atoms with Gasteiger partial charge >= 0.3 is 0 Å². The second-order valence-electron chi connectivity index (χ2n) is 5.85. The number of halogens is 1. The fourth-order valence-electron chi connectivity index (χ4n) is 2.61. The fraction of sp³-hybridized carbons (Fsp3) is 0.400. The Bertz CT molecular complexity index is 714. The zero-order chi connectivity index (χ0) is 14.5. The van der Waals surface area contributed by atoms with Crippen molar-refractivity contribution < 1.29 is 4.52 Å². The summed E-state index contributed by atoms with van der Waals surface area (Å²) in [7, 11) is 0. The quantitative estimate of drug-likeness (QED) is 0.832. The minimum Gasteiger partial charge on any atom is -0.339 e. The van der Waals surface area contributed by atoms with Crippen molar-refractivity contribution in [2.24, 2.45) is 11.3 Å². The first-order chi connectivity index (χ1) is 9.45. The van der Waals surface area contributed by atoms with Crippen LogP contribution >= 0.6 is 15.9 Å². The fourth-order valence-corrected chi connectivity index (χ4v) is 3.28. The van der Waals surface area contributed by atoms with Crippen molar-refractivity contribution in [2.45, 2.75) is 26.7 Å². The summed E-state index contributed by atoms with van der Waals surface area (Å²) in [5, 5.41) is 13.2. The van der Waals surface area contributed by atoms with Gasteiger partial charge < -0.3 is 4.52 Å². The van der Waals surface area contributed by atoms with Gasteiger partial charge in [0.1, 0.15) is 0 Å². The lowest BCUT2D eigenvalue weighted by Gasteiger charge is -2.00. The summed E-state index contributed by atoms with van der Waals surface area (Å²) < 4.78 is 6.30. The number of hydrogen-bond donors (Lipinski definition) is 0. The number of nitrogens with zero attached hydrogens (tertiary/aromatic N) is 3. The molecule has 3 rings (SSSR count). The molecule has 2 unspecified atom stereocenters. The van der Waals surface area contributed by atoms with E-state index in [1.807, 2.05) is 25.1 Å².